The Labute approximate surface area is 117 Å². The molecule has 0 aromatic heterocycles. The van der Waals surface area contributed by atoms with Crippen LogP contribution in [0.1, 0.15) is 92.9 Å². The number of unbranched alkanes of at least 4 members (excludes halogenated alkanes) is 6. The van der Waals surface area contributed by atoms with E-state index in [-0.39, 0.29) is 0 Å². The molecule has 0 rings (SSSR count). The van der Waals surface area contributed by atoms with Crippen molar-refractivity contribution in [3.05, 3.63) is 0 Å². The lowest BCUT2D eigenvalue weighted by atomic mass is 9.77. The van der Waals surface area contributed by atoms with Gasteiger partial charge in [-0.1, -0.05) is 92.9 Å². The van der Waals surface area contributed by atoms with E-state index in [1.54, 1.807) is 0 Å². The second-order valence-corrected chi connectivity index (χ2v) is 6.85. The molecule has 3 unspecified atom stereocenters. The molecule has 0 radical (unpaired) electrons. The Morgan fingerprint density at radius 3 is 1.61 bits per heavy atom. The molecule has 0 heterocycles. The van der Waals surface area contributed by atoms with Gasteiger partial charge in [-0.2, -0.15) is 0 Å². The van der Waals surface area contributed by atoms with Crippen LogP contribution in [0.3, 0.4) is 0 Å². The molecule has 0 nitrogen and oxygen atoms in total. The molecule has 110 valence electrons. The van der Waals surface area contributed by atoms with Crippen LogP contribution in [-0.4, -0.2) is 0 Å². The molecule has 0 N–H and O–H groups in total. The highest BCUT2D eigenvalue weighted by molar-refractivity contribution is 4.70. The monoisotopic (exact) mass is 254 g/mol. The van der Waals surface area contributed by atoms with Gasteiger partial charge in [0.15, 0.2) is 0 Å². The Morgan fingerprint density at radius 1 is 0.611 bits per heavy atom. The number of hydrogen-bond acceptors (Lipinski definition) is 0. The molecule has 0 saturated heterocycles. The quantitative estimate of drug-likeness (QED) is 0.360. The molecule has 0 aromatic rings. The molecule has 18 heavy (non-hydrogen) atoms. The van der Waals surface area contributed by atoms with E-state index in [1.807, 2.05) is 0 Å². The van der Waals surface area contributed by atoms with Gasteiger partial charge in [0.2, 0.25) is 0 Å². The lowest BCUT2D eigenvalue weighted by molar-refractivity contribution is 0.211. The van der Waals surface area contributed by atoms with E-state index in [9.17, 15) is 0 Å². The first-order valence-corrected chi connectivity index (χ1v) is 8.50. The predicted octanol–water partition coefficient (Wildman–Crippen LogP) is 6.69. The van der Waals surface area contributed by atoms with E-state index < -0.39 is 0 Å². The third-order valence-electron chi connectivity index (χ3n) is 5.04. The minimum absolute atomic E-state index is 0.830. The molecule has 0 aliphatic carbocycles. The molecule has 0 saturated carbocycles. The van der Waals surface area contributed by atoms with E-state index >= 15 is 0 Å². The van der Waals surface area contributed by atoms with Crippen molar-refractivity contribution in [2.24, 2.45) is 23.7 Å². The summed E-state index contributed by atoms with van der Waals surface area (Å²) in [6.45, 7) is 14.4. The SMILES string of the molecule is CCCCCCCCCC(C)C(C)C(C)C(C)C. The highest BCUT2D eigenvalue weighted by Gasteiger charge is 2.20. The molecule has 3 atom stereocenters. The Hall–Kier alpha value is 0. The lowest BCUT2D eigenvalue weighted by Crippen LogP contribution is -2.20. The smallest absolute Gasteiger partial charge is 0.0389 e. The summed E-state index contributed by atoms with van der Waals surface area (Å²) in [5.74, 6) is 3.48. The minimum atomic E-state index is 0.830. The summed E-state index contributed by atoms with van der Waals surface area (Å²) in [7, 11) is 0. The maximum atomic E-state index is 2.46. The molecule has 0 fully saturated rings. The summed E-state index contributed by atoms with van der Waals surface area (Å²) in [5, 5.41) is 0. The summed E-state index contributed by atoms with van der Waals surface area (Å²) in [6.07, 6.45) is 11.5. The van der Waals surface area contributed by atoms with Gasteiger partial charge >= 0.3 is 0 Å². The fourth-order valence-electron chi connectivity index (χ4n) is 2.81. The number of rotatable bonds is 11. The van der Waals surface area contributed by atoms with Crippen LogP contribution in [-0.2, 0) is 0 Å². The second kappa shape index (κ2) is 10.9. The molecule has 0 spiro atoms. The molecule has 0 bridgehead atoms. The van der Waals surface area contributed by atoms with E-state index in [0.717, 1.165) is 23.7 Å². The largest absolute Gasteiger partial charge is 0.0654 e. The zero-order valence-corrected chi connectivity index (χ0v) is 14.0. The first-order chi connectivity index (χ1) is 8.50. The highest BCUT2D eigenvalue weighted by atomic mass is 14.3. The van der Waals surface area contributed by atoms with Crippen molar-refractivity contribution in [3.63, 3.8) is 0 Å². The molecule has 0 aliphatic rings. The van der Waals surface area contributed by atoms with Crippen LogP contribution in [0.15, 0.2) is 0 Å². The van der Waals surface area contributed by atoms with Crippen LogP contribution in [0.25, 0.3) is 0 Å². The fourth-order valence-corrected chi connectivity index (χ4v) is 2.81. The first-order valence-electron chi connectivity index (χ1n) is 8.50. The fraction of sp³-hybridized carbons (Fsp3) is 1.00. The van der Waals surface area contributed by atoms with Crippen molar-refractivity contribution >= 4 is 0 Å². The lowest BCUT2D eigenvalue weighted by Gasteiger charge is -2.29. The van der Waals surface area contributed by atoms with Gasteiger partial charge in [0, 0.05) is 0 Å². The standard InChI is InChI=1S/C18H38/c1-7-8-9-10-11-12-13-14-16(4)18(6)17(5)15(2)3/h15-18H,7-14H2,1-6H3. The Kier molecular flexibility index (Phi) is 10.9. The third kappa shape index (κ3) is 8.16. The van der Waals surface area contributed by atoms with Crippen LogP contribution >= 0.6 is 0 Å². The first kappa shape index (κ1) is 18.0. The highest BCUT2D eigenvalue weighted by Crippen LogP contribution is 2.29. The van der Waals surface area contributed by atoms with Crippen LogP contribution in [0.5, 0.6) is 0 Å². The normalized spacial score (nSPS) is 16.8. The molecule has 0 aromatic carbocycles. The van der Waals surface area contributed by atoms with Gasteiger partial charge in [0.1, 0.15) is 0 Å². The summed E-state index contributed by atoms with van der Waals surface area (Å²) < 4.78 is 0. The van der Waals surface area contributed by atoms with Crippen LogP contribution in [0, 0.1) is 23.7 Å². The van der Waals surface area contributed by atoms with E-state index in [0.29, 0.717) is 0 Å². The van der Waals surface area contributed by atoms with Gasteiger partial charge in [-0.05, 0) is 23.7 Å². The topological polar surface area (TPSA) is 0 Å². The summed E-state index contributed by atoms with van der Waals surface area (Å²) in [4.78, 5) is 0. The van der Waals surface area contributed by atoms with E-state index in [4.69, 9.17) is 0 Å². The molecule has 0 amide bonds. The van der Waals surface area contributed by atoms with E-state index in [2.05, 4.69) is 41.5 Å². The van der Waals surface area contributed by atoms with Crippen LogP contribution in [0.2, 0.25) is 0 Å². The van der Waals surface area contributed by atoms with Gasteiger partial charge in [0.25, 0.3) is 0 Å². The molecular formula is C18H38. The predicted molar refractivity (Wildman–Crippen MR) is 84.9 cm³/mol. The van der Waals surface area contributed by atoms with Crippen LogP contribution in [0.4, 0.5) is 0 Å². The summed E-state index contributed by atoms with van der Waals surface area (Å²) in [5.41, 5.74) is 0. The van der Waals surface area contributed by atoms with E-state index in [1.165, 1.54) is 51.4 Å². The molecule has 0 heteroatoms. The number of hydrogen-bond donors (Lipinski definition) is 0. The van der Waals surface area contributed by atoms with Gasteiger partial charge in [0.05, 0.1) is 0 Å². The van der Waals surface area contributed by atoms with Gasteiger partial charge in [-0.3, -0.25) is 0 Å². The Morgan fingerprint density at radius 2 is 1.11 bits per heavy atom. The second-order valence-electron chi connectivity index (χ2n) is 6.85. The molecular weight excluding hydrogens is 216 g/mol. The Balaban J connectivity index is 3.55. The van der Waals surface area contributed by atoms with Crippen LogP contribution < -0.4 is 0 Å². The zero-order chi connectivity index (χ0) is 14.0. The summed E-state index contributed by atoms with van der Waals surface area (Å²) in [6, 6.07) is 0. The van der Waals surface area contributed by atoms with Crippen molar-refractivity contribution in [2.45, 2.75) is 92.9 Å². The Bertz CT molecular complexity index is 171. The molecule has 0 aliphatic heterocycles. The van der Waals surface area contributed by atoms with Crippen molar-refractivity contribution < 1.29 is 0 Å². The van der Waals surface area contributed by atoms with Crippen molar-refractivity contribution in [1.82, 2.24) is 0 Å². The maximum absolute atomic E-state index is 2.46. The maximum Gasteiger partial charge on any atom is -0.0389 e. The van der Waals surface area contributed by atoms with Gasteiger partial charge in [-0.25, -0.2) is 0 Å². The van der Waals surface area contributed by atoms with Gasteiger partial charge in [-0.15, -0.1) is 0 Å². The zero-order valence-electron chi connectivity index (χ0n) is 14.0. The average molecular weight is 255 g/mol. The third-order valence-corrected chi connectivity index (χ3v) is 5.04. The van der Waals surface area contributed by atoms with Gasteiger partial charge < -0.3 is 0 Å². The minimum Gasteiger partial charge on any atom is -0.0654 e. The average Bonchev–Trinajstić information content (AvgIpc) is 2.35. The van der Waals surface area contributed by atoms with Crippen molar-refractivity contribution in [2.75, 3.05) is 0 Å². The van der Waals surface area contributed by atoms with Crippen molar-refractivity contribution in [1.29, 1.82) is 0 Å². The van der Waals surface area contributed by atoms with Crippen molar-refractivity contribution in [3.8, 4) is 0 Å². The summed E-state index contributed by atoms with van der Waals surface area (Å²) >= 11 is 0.